The number of anilines is 1. The van der Waals surface area contributed by atoms with Crippen molar-refractivity contribution in [3.63, 3.8) is 0 Å². The summed E-state index contributed by atoms with van der Waals surface area (Å²) < 4.78 is 38.6. The third kappa shape index (κ3) is 5.10. The average molecular weight is 432 g/mol. The summed E-state index contributed by atoms with van der Waals surface area (Å²) in [5, 5.41) is 2.71. The maximum absolute atomic E-state index is 12.8. The first-order chi connectivity index (χ1) is 14.4. The lowest BCUT2D eigenvalue weighted by atomic mass is 10.1. The van der Waals surface area contributed by atoms with Crippen LogP contribution in [-0.4, -0.2) is 40.9 Å². The van der Waals surface area contributed by atoms with Crippen LogP contribution in [-0.2, 0) is 10.0 Å². The Morgan fingerprint density at radius 3 is 2.60 bits per heavy atom. The Kier molecular flexibility index (Phi) is 6.94. The maximum Gasteiger partial charge on any atom is 0.262 e. The molecule has 2 N–H and O–H groups in total. The van der Waals surface area contributed by atoms with Crippen molar-refractivity contribution in [3.8, 4) is 11.5 Å². The Bertz CT molecular complexity index is 1050. The van der Waals surface area contributed by atoms with Gasteiger partial charge in [0.25, 0.3) is 15.9 Å². The number of methoxy groups -OCH3 is 2. The number of rotatable bonds is 6. The molecule has 0 saturated heterocycles. The van der Waals surface area contributed by atoms with Gasteiger partial charge in [0, 0.05) is 18.7 Å². The Morgan fingerprint density at radius 1 is 1.03 bits per heavy atom. The van der Waals surface area contributed by atoms with Gasteiger partial charge in [0.05, 0.1) is 24.7 Å². The summed E-state index contributed by atoms with van der Waals surface area (Å²) in [6, 6.07) is 11.0. The first-order valence-corrected chi connectivity index (χ1v) is 11.1. The fourth-order valence-corrected chi connectivity index (χ4v) is 4.31. The summed E-state index contributed by atoms with van der Waals surface area (Å²) in [6.07, 6.45) is 3.50. The number of carbonyl (C=O) groups is 1. The number of hydrogen-bond donors (Lipinski definition) is 2. The number of para-hydroxylation sites is 1. The normalized spacial score (nSPS) is 14.3. The van der Waals surface area contributed by atoms with Crippen molar-refractivity contribution in [2.24, 2.45) is 4.99 Å². The standard InChI is InChI=1S/C21H25N3O5S/c1-28-18-11-7-10-17(20(18)29-2)21(25)23-15-8-6-9-16(14-15)30(26,27)24-19-12-4-3-5-13-22-19/h6-11,14H,3-5,12-13H2,1-2H3,(H,22,24)(H,23,25). The van der Waals surface area contributed by atoms with Crippen LogP contribution in [0.3, 0.4) is 0 Å². The molecule has 0 aliphatic carbocycles. The molecule has 2 aromatic rings. The minimum atomic E-state index is -3.80. The van der Waals surface area contributed by atoms with E-state index in [1.54, 1.807) is 30.3 Å². The molecule has 0 unspecified atom stereocenters. The number of sulfonamides is 1. The fourth-order valence-electron chi connectivity index (χ4n) is 3.18. The van der Waals surface area contributed by atoms with E-state index in [1.165, 1.54) is 26.4 Å². The number of aliphatic imine (C=N–C) groups is 1. The van der Waals surface area contributed by atoms with E-state index in [2.05, 4.69) is 15.0 Å². The monoisotopic (exact) mass is 431 g/mol. The number of hydrogen-bond acceptors (Lipinski definition) is 6. The van der Waals surface area contributed by atoms with Crippen LogP contribution in [0.15, 0.2) is 52.4 Å². The smallest absolute Gasteiger partial charge is 0.262 e. The molecule has 1 aliphatic heterocycles. The molecule has 0 saturated carbocycles. The predicted octanol–water partition coefficient (Wildman–Crippen LogP) is 3.21. The topological polar surface area (TPSA) is 106 Å². The zero-order valence-corrected chi connectivity index (χ0v) is 17.8. The van der Waals surface area contributed by atoms with E-state index in [1.807, 2.05) is 0 Å². The number of carbonyl (C=O) groups excluding carboxylic acids is 1. The third-order valence-corrected chi connectivity index (χ3v) is 6.06. The fraction of sp³-hybridized carbons (Fsp3) is 0.333. The zero-order valence-electron chi connectivity index (χ0n) is 17.0. The van der Waals surface area contributed by atoms with Crippen LogP contribution in [0.2, 0.25) is 0 Å². The molecule has 30 heavy (non-hydrogen) atoms. The van der Waals surface area contributed by atoms with Gasteiger partial charge in [-0.25, -0.2) is 8.42 Å². The molecule has 1 aliphatic rings. The van der Waals surface area contributed by atoms with Gasteiger partial charge in [-0.1, -0.05) is 18.6 Å². The van der Waals surface area contributed by atoms with Gasteiger partial charge in [-0.15, -0.1) is 0 Å². The second-order valence-electron chi connectivity index (χ2n) is 6.77. The lowest BCUT2D eigenvalue weighted by Gasteiger charge is -2.13. The van der Waals surface area contributed by atoms with Crippen LogP contribution in [0.25, 0.3) is 0 Å². The Balaban J connectivity index is 1.80. The van der Waals surface area contributed by atoms with Crippen LogP contribution in [0.4, 0.5) is 5.69 Å². The highest BCUT2D eigenvalue weighted by molar-refractivity contribution is 7.90. The molecule has 0 aromatic heterocycles. The van der Waals surface area contributed by atoms with Crippen LogP contribution in [0.5, 0.6) is 11.5 Å². The van der Waals surface area contributed by atoms with Gasteiger partial charge >= 0.3 is 0 Å². The van der Waals surface area contributed by atoms with Crippen LogP contribution < -0.4 is 19.5 Å². The summed E-state index contributed by atoms with van der Waals surface area (Å²) in [5.41, 5.74) is 0.617. The number of ether oxygens (including phenoxy) is 2. The van der Waals surface area contributed by atoms with Crippen molar-refractivity contribution in [3.05, 3.63) is 48.0 Å². The molecule has 0 radical (unpaired) electrons. The Hall–Kier alpha value is -3.07. The number of amidine groups is 1. The van der Waals surface area contributed by atoms with Crippen LogP contribution >= 0.6 is 0 Å². The Morgan fingerprint density at radius 2 is 1.83 bits per heavy atom. The molecule has 9 heteroatoms. The lowest BCUT2D eigenvalue weighted by molar-refractivity contribution is 0.102. The molecule has 0 bridgehead atoms. The van der Waals surface area contributed by atoms with Crippen molar-refractivity contribution >= 4 is 27.5 Å². The van der Waals surface area contributed by atoms with Gasteiger partial charge in [-0.3, -0.25) is 14.5 Å². The molecular weight excluding hydrogens is 406 g/mol. The molecule has 2 aromatic carbocycles. The highest BCUT2D eigenvalue weighted by Gasteiger charge is 2.20. The first kappa shape index (κ1) is 21.6. The van der Waals surface area contributed by atoms with E-state index < -0.39 is 15.9 Å². The number of nitrogens with zero attached hydrogens (tertiary/aromatic N) is 1. The van der Waals surface area contributed by atoms with E-state index in [0.717, 1.165) is 19.3 Å². The molecule has 1 heterocycles. The van der Waals surface area contributed by atoms with E-state index >= 15 is 0 Å². The minimum absolute atomic E-state index is 0.0462. The van der Waals surface area contributed by atoms with Gasteiger partial charge < -0.3 is 14.8 Å². The summed E-state index contributed by atoms with van der Waals surface area (Å²) in [7, 11) is -0.866. The van der Waals surface area contributed by atoms with Crippen molar-refractivity contribution in [1.82, 2.24) is 4.72 Å². The molecule has 8 nitrogen and oxygen atoms in total. The van der Waals surface area contributed by atoms with Crippen LogP contribution in [0, 0.1) is 0 Å². The van der Waals surface area contributed by atoms with Crippen LogP contribution in [0.1, 0.15) is 36.0 Å². The van der Waals surface area contributed by atoms with E-state index in [9.17, 15) is 13.2 Å². The predicted molar refractivity (Wildman–Crippen MR) is 115 cm³/mol. The van der Waals surface area contributed by atoms with E-state index in [0.29, 0.717) is 36.0 Å². The van der Waals surface area contributed by atoms with Crippen molar-refractivity contribution in [2.75, 3.05) is 26.1 Å². The lowest BCUT2D eigenvalue weighted by Crippen LogP contribution is -2.30. The SMILES string of the molecule is COc1cccc(C(=O)Nc2cccc(S(=O)(=O)NC3=NCCCCC3)c2)c1OC. The van der Waals surface area contributed by atoms with Gasteiger partial charge in [-0.05, 0) is 43.2 Å². The van der Waals surface area contributed by atoms with E-state index in [4.69, 9.17) is 9.47 Å². The largest absolute Gasteiger partial charge is 0.493 e. The summed E-state index contributed by atoms with van der Waals surface area (Å²) in [6.45, 7) is 0.621. The molecule has 0 atom stereocenters. The van der Waals surface area contributed by atoms with Gasteiger partial charge in [0.1, 0.15) is 5.84 Å². The molecule has 0 spiro atoms. The second-order valence-corrected chi connectivity index (χ2v) is 8.45. The summed E-state index contributed by atoms with van der Waals surface area (Å²) in [5.74, 6) is 0.758. The number of amides is 1. The number of nitrogens with one attached hydrogen (secondary N) is 2. The highest BCUT2D eigenvalue weighted by Crippen LogP contribution is 2.31. The third-order valence-electron chi connectivity index (χ3n) is 4.68. The number of benzene rings is 2. The first-order valence-electron chi connectivity index (χ1n) is 9.63. The second kappa shape index (κ2) is 9.62. The highest BCUT2D eigenvalue weighted by atomic mass is 32.2. The molecule has 1 amide bonds. The van der Waals surface area contributed by atoms with Crippen molar-refractivity contribution < 1.29 is 22.7 Å². The quantitative estimate of drug-likeness (QED) is 0.731. The van der Waals surface area contributed by atoms with Crippen molar-refractivity contribution in [1.29, 1.82) is 0 Å². The Labute approximate surface area is 176 Å². The van der Waals surface area contributed by atoms with Gasteiger partial charge in [0.15, 0.2) is 11.5 Å². The van der Waals surface area contributed by atoms with Crippen molar-refractivity contribution in [2.45, 2.75) is 30.6 Å². The van der Waals surface area contributed by atoms with Gasteiger partial charge in [0.2, 0.25) is 0 Å². The van der Waals surface area contributed by atoms with E-state index in [-0.39, 0.29) is 10.5 Å². The maximum atomic E-state index is 12.8. The minimum Gasteiger partial charge on any atom is -0.493 e. The molecule has 0 fully saturated rings. The van der Waals surface area contributed by atoms with Gasteiger partial charge in [-0.2, -0.15) is 0 Å². The zero-order chi connectivity index (χ0) is 21.6. The summed E-state index contributed by atoms with van der Waals surface area (Å²) in [4.78, 5) is 17.1. The molecule has 3 rings (SSSR count). The summed E-state index contributed by atoms with van der Waals surface area (Å²) >= 11 is 0. The average Bonchev–Trinajstić information content (AvgIpc) is 3.01. The molecule has 160 valence electrons. The molecular formula is C21H25N3O5S.